The van der Waals surface area contributed by atoms with Gasteiger partial charge in [0.25, 0.3) is 0 Å². The number of anilines is 2. The minimum atomic E-state index is 0.503. The fraction of sp³-hybridized carbons (Fsp3) is 0.200. The van der Waals surface area contributed by atoms with Crippen LogP contribution in [-0.2, 0) is 0 Å². The third-order valence-electron chi connectivity index (χ3n) is 4.82. The first-order chi connectivity index (χ1) is 14.3. The molecule has 0 radical (unpaired) electrons. The summed E-state index contributed by atoms with van der Waals surface area (Å²) < 4.78 is 0. The van der Waals surface area contributed by atoms with E-state index in [2.05, 4.69) is 65.6 Å². The van der Waals surface area contributed by atoms with Gasteiger partial charge in [-0.15, -0.1) is 0 Å². The van der Waals surface area contributed by atoms with Crippen molar-refractivity contribution in [2.75, 3.05) is 17.2 Å². The Morgan fingerprint density at radius 1 is 0.933 bits per heavy atom. The fourth-order valence-electron chi connectivity index (χ4n) is 2.93. The van der Waals surface area contributed by atoms with Crippen LogP contribution in [0.5, 0.6) is 0 Å². The van der Waals surface area contributed by atoms with Crippen molar-refractivity contribution in [2.45, 2.75) is 20.8 Å². The molecule has 0 bridgehead atoms. The molecule has 1 aromatic carbocycles. The van der Waals surface area contributed by atoms with Gasteiger partial charge in [-0.05, 0) is 66.0 Å². The van der Waals surface area contributed by atoms with E-state index in [-0.39, 0.29) is 0 Å². The monoisotopic (exact) mass is 399 g/mol. The van der Waals surface area contributed by atoms with Crippen LogP contribution in [0.15, 0.2) is 84.8 Å². The number of hydrogen-bond acceptors (Lipinski definition) is 5. The average Bonchev–Trinajstić information content (AvgIpc) is 3.18. The van der Waals surface area contributed by atoms with Crippen LogP contribution in [0.25, 0.3) is 11.3 Å². The zero-order chi connectivity index (χ0) is 21.7. The van der Waals surface area contributed by atoms with Gasteiger partial charge in [0.2, 0.25) is 0 Å². The molecule has 30 heavy (non-hydrogen) atoms. The van der Waals surface area contributed by atoms with E-state index in [1.807, 2.05) is 49.5 Å². The highest BCUT2D eigenvalue weighted by Crippen LogP contribution is 2.20. The Balaban J connectivity index is 1.54. The van der Waals surface area contributed by atoms with Gasteiger partial charge >= 0.3 is 0 Å². The molecule has 2 heterocycles. The average molecular weight is 400 g/mol. The maximum atomic E-state index is 4.49. The smallest absolute Gasteiger partial charge is 0.126 e. The Labute approximate surface area is 179 Å². The molecule has 0 saturated heterocycles. The topological polar surface area (TPSA) is 61.3 Å². The predicted octanol–water partition coefficient (Wildman–Crippen LogP) is 5.66. The number of nitrogens with zero attached hydrogens (tertiary/aromatic N) is 2. The van der Waals surface area contributed by atoms with Gasteiger partial charge in [-0.25, -0.2) is 0 Å². The van der Waals surface area contributed by atoms with E-state index in [0.29, 0.717) is 11.7 Å². The van der Waals surface area contributed by atoms with Crippen molar-refractivity contribution in [3.63, 3.8) is 0 Å². The molecule has 0 saturated carbocycles. The summed E-state index contributed by atoms with van der Waals surface area (Å²) in [6.45, 7) is 19.1. The van der Waals surface area contributed by atoms with E-state index in [1.54, 1.807) is 0 Å². The van der Waals surface area contributed by atoms with E-state index >= 15 is 0 Å². The van der Waals surface area contributed by atoms with Gasteiger partial charge in [-0.2, -0.15) is 0 Å². The number of amidine groups is 1. The van der Waals surface area contributed by atoms with Gasteiger partial charge in [0.1, 0.15) is 11.7 Å². The first kappa shape index (κ1) is 21.1. The van der Waals surface area contributed by atoms with Crippen LogP contribution in [0.1, 0.15) is 32.0 Å². The van der Waals surface area contributed by atoms with E-state index in [9.17, 15) is 0 Å². The van der Waals surface area contributed by atoms with Crippen LogP contribution < -0.4 is 16.0 Å². The molecule has 1 aliphatic rings. The van der Waals surface area contributed by atoms with Crippen LogP contribution in [-0.4, -0.2) is 17.4 Å². The van der Waals surface area contributed by atoms with Crippen LogP contribution in [0.4, 0.5) is 11.4 Å². The molecule has 3 N–H and O–H groups in total. The number of nitrogens with one attached hydrogen (secondary N) is 3. The van der Waals surface area contributed by atoms with Gasteiger partial charge in [-0.3, -0.25) is 9.98 Å². The number of aromatic nitrogens is 1. The van der Waals surface area contributed by atoms with Crippen molar-refractivity contribution < 1.29 is 0 Å². The van der Waals surface area contributed by atoms with Crippen LogP contribution >= 0.6 is 0 Å². The molecule has 0 fully saturated rings. The number of pyridine rings is 1. The Hall–Kier alpha value is -3.60. The minimum Gasteiger partial charge on any atom is -0.354 e. The third kappa shape index (κ3) is 5.47. The van der Waals surface area contributed by atoms with Gasteiger partial charge in [0.05, 0.1) is 17.9 Å². The van der Waals surface area contributed by atoms with Crippen molar-refractivity contribution >= 4 is 28.5 Å². The largest absolute Gasteiger partial charge is 0.354 e. The summed E-state index contributed by atoms with van der Waals surface area (Å²) >= 11 is 0. The summed E-state index contributed by atoms with van der Waals surface area (Å²) in [5.41, 5.74) is 6.73. The highest BCUT2D eigenvalue weighted by atomic mass is 15.1. The summed E-state index contributed by atoms with van der Waals surface area (Å²) in [4.78, 5) is 8.94. The lowest BCUT2D eigenvalue weighted by molar-refractivity contribution is 0.754. The molecule has 1 aromatic heterocycles. The Morgan fingerprint density at radius 2 is 1.60 bits per heavy atom. The predicted molar refractivity (Wildman–Crippen MR) is 129 cm³/mol. The highest BCUT2D eigenvalue weighted by Gasteiger charge is 2.11. The summed E-state index contributed by atoms with van der Waals surface area (Å²) in [5.74, 6) is 2.03. The van der Waals surface area contributed by atoms with Crippen LogP contribution in [0.2, 0.25) is 0 Å². The first-order valence-electron chi connectivity index (χ1n) is 9.98. The lowest BCUT2D eigenvalue weighted by Gasteiger charge is -2.13. The molecule has 0 amide bonds. The standard InChI is InChI=1S/C25H29N5/c1-16(2)20-7-12-24(26-14-20)18(5)28-22-8-10-23(11-9-22)29-19(6)30-25-13-21(15-27-25)17(3)4/h7-14,17,28-29H,1,5-6,15H2,2-4H3,(H,27,30). The lowest BCUT2D eigenvalue weighted by Crippen LogP contribution is -2.23. The van der Waals surface area contributed by atoms with Crippen molar-refractivity contribution in [3.8, 4) is 0 Å². The summed E-state index contributed by atoms with van der Waals surface area (Å²) in [6.07, 6.45) is 3.90. The van der Waals surface area contributed by atoms with Gasteiger partial charge in [0, 0.05) is 17.6 Å². The zero-order valence-corrected chi connectivity index (χ0v) is 17.9. The molecule has 3 rings (SSSR count). The summed E-state index contributed by atoms with van der Waals surface area (Å²) in [5, 5.41) is 9.76. The third-order valence-corrected chi connectivity index (χ3v) is 4.82. The number of allylic oxidation sites excluding steroid dienone is 1. The van der Waals surface area contributed by atoms with Gasteiger partial charge in [-0.1, -0.05) is 39.7 Å². The second kappa shape index (κ2) is 9.27. The molecule has 2 aromatic rings. The molecule has 0 atom stereocenters. The molecule has 1 aliphatic heterocycles. The second-order valence-corrected chi connectivity index (χ2v) is 7.70. The Morgan fingerprint density at radius 3 is 2.13 bits per heavy atom. The molecule has 0 spiro atoms. The molecular formula is C25H29N5. The van der Waals surface area contributed by atoms with Crippen LogP contribution in [0.3, 0.4) is 0 Å². The lowest BCUT2D eigenvalue weighted by atomic mass is 10.0. The summed E-state index contributed by atoms with van der Waals surface area (Å²) in [7, 11) is 0. The quantitative estimate of drug-likeness (QED) is 0.536. The second-order valence-electron chi connectivity index (χ2n) is 7.70. The molecule has 0 unspecified atom stereocenters. The van der Waals surface area contributed by atoms with Crippen molar-refractivity contribution in [2.24, 2.45) is 10.9 Å². The minimum absolute atomic E-state index is 0.503. The van der Waals surface area contributed by atoms with Gasteiger partial charge < -0.3 is 16.0 Å². The van der Waals surface area contributed by atoms with E-state index in [1.165, 1.54) is 5.57 Å². The van der Waals surface area contributed by atoms with E-state index < -0.39 is 0 Å². The number of rotatable bonds is 8. The number of hydrogen-bond donors (Lipinski definition) is 3. The van der Waals surface area contributed by atoms with E-state index in [0.717, 1.165) is 46.3 Å². The fourth-order valence-corrected chi connectivity index (χ4v) is 2.93. The van der Waals surface area contributed by atoms with Gasteiger partial charge in [0.15, 0.2) is 0 Å². The highest BCUT2D eigenvalue weighted by molar-refractivity contribution is 5.97. The maximum Gasteiger partial charge on any atom is 0.126 e. The molecule has 0 aliphatic carbocycles. The summed E-state index contributed by atoms with van der Waals surface area (Å²) in [6, 6.07) is 11.9. The number of benzene rings is 1. The van der Waals surface area contributed by atoms with Crippen LogP contribution in [0, 0.1) is 5.92 Å². The molecule has 5 nitrogen and oxygen atoms in total. The Kier molecular flexibility index (Phi) is 6.52. The first-order valence-corrected chi connectivity index (χ1v) is 9.98. The Bertz CT molecular complexity index is 1010. The molecular weight excluding hydrogens is 370 g/mol. The van der Waals surface area contributed by atoms with E-state index in [4.69, 9.17) is 0 Å². The molecule has 154 valence electrons. The van der Waals surface area contributed by atoms with Crippen molar-refractivity contribution in [1.82, 2.24) is 10.3 Å². The normalized spacial score (nSPS) is 12.8. The van der Waals surface area contributed by atoms with Crippen molar-refractivity contribution in [1.29, 1.82) is 0 Å². The van der Waals surface area contributed by atoms with Crippen molar-refractivity contribution in [3.05, 3.63) is 91.1 Å². The SMILES string of the molecule is C=C(NC1=NCC(C(C)C)=C1)Nc1ccc(NC(=C)c2ccc(C(=C)C)cn2)cc1. The molecule has 5 heteroatoms. The maximum absolute atomic E-state index is 4.49. The number of aliphatic imine (C=N–C) groups is 1. The zero-order valence-electron chi connectivity index (χ0n) is 17.9.